The zero-order valence-corrected chi connectivity index (χ0v) is 16.6. The van der Waals surface area contributed by atoms with E-state index in [2.05, 4.69) is 4.72 Å². The van der Waals surface area contributed by atoms with E-state index in [9.17, 15) is 21.6 Å². The molecule has 27 heavy (non-hydrogen) atoms. The highest BCUT2D eigenvalue weighted by atomic mass is 32.2. The second kappa shape index (κ2) is 7.26. The zero-order chi connectivity index (χ0) is 19.7. The van der Waals surface area contributed by atoms with Crippen molar-refractivity contribution in [3.8, 4) is 0 Å². The molecule has 0 radical (unpaired) electrons. The Morgan fingerprint density at radius 2 is 1.48 bits per heavy atom. The van der Waals surface area contributed by atoms with Crippen molar-refractivity contribution in [3.05, 3.63) is 70.9 Å². The summed E-state index contributed by atoms with van der Waals surface area (Å²) < 4.78 is 53.1. The van der Waals surface area contributed by atoms with Crippen LogP contribution >= 0.6 is 11.3 Å². The van der Waals surface area contributed by atoms with Crippen molar-refractivity contribution in [1.82, 2.24) is 0 Å². The van der Waals surface area contributed by atoms with Crippen LogP contribution < -0.4 is 4.72 Å². The molecule has 0 unspecified atom stereocenters. The predicted molar refractivity (Wildman–Crippen MR) is 103 cm³/mol. The number of carbonyl (C=O) groups is 1. The van der Waals surface area contributed by atoms with Crippen LogP contribution in [-0.2, 0) is 19.9 Å². The minimum absolute atomic E-state index is 0.0144. The molecule has 0 aliphatic heterocycles. The fraction of sp³-hybridized carbons (Fsp3) is 0.0556. The quantitative estimate of drug-likeness (QED) is 0.614. The number of benzene rings is 2. The molecule has 0 aliphatic rings. The van der Waals surface area contributed by atoms with E-state index < -0.39 is 19.9 Å². The van der Waals surface area contributed by atoms with Crippen LogP contribution in [0.4, 0.5) is 5.69 Å². The molecule has 140 valence electrons. The van der Waals surface area contributed by atoms with Gasteiger partial charge in [-0.25, -0.2) is 16.8 Å². The van der Waals surface area contributed by atoms with Crippen LogP contribution in [0.5, 0.6) is 0 Å². The van der Waals surface area contributed by atoms with E-state index in [1.54, 1.807) is 18.2 Å². The maximum Gasteiger partial charge on any atom is 0.261 e. The Hall–Kier alpha value is -2.49. The molecule has 0 saturated carbocycles. The summed E-state index contributed by atoms with van der Waals surface area (Å²) in [6.45, 7) is 1.38. The molecule has 9 heteroatoms. The van der Waals surface area contributed by atoms with E-state index in [4.69, 9.17) is 0 Å². The summed E-state index contributed by atoms with van der Waals surface area (Å²) >= 11 is 1.08. The molecule has 0 amide bonds. The molecule has 1 N–H and O–H groups in total. The number of Topliss-reactive ketones (excluding diaryl/α,β-unsaturated/α-hetero) is 1. The van der Waals surface area contributed by atoms with Crippen molar-refractivity contribution >= 4 is 42.7 Å². The molecule has 0 atom stereocenters. The Balaban J connectivity index is 1.96. The molecule has 0 spiro atoms. The fourth-order valence-electron chi connectivity index (χ4n) is 2.37. The van der Waals surface area contributed by atoms with E-state index in [1.807, 2.05) is 0 Å². The van der Waals surface area contributed by atoms with Crippen molar-refractivity contribution in [2.75, 3.05) is 4.72 Å². The van der Waals surface area contributed by atoms with Crippen molar-refractivity contribution in [3.63, 3.8) is 0 Å². The molecule has 3 aromatic rings. The fourth-order valence-corrected chi connectivity index (χ4v) is 6.13. The van der Waals surface area contributed by atoms with E-state index in [-0.39, 0.29) is 26.2 Å². The average molecular weight is 422 g/mol. The van der Waals surface area contributed by atoms with E-state index in [0.29, 0.717) is 5.56 Å². The molecule has 6 nitrogen and oxygen atoms in total. The zero-order valence-electron chi connectivity index (χ0n) is 14.1. The van der Waals surface area contributed by atoms with Gasteiger partial charge in [-0.1, -0.05) is 30.3 Å². The first kappa shape index (κ1) is 19.3. The summed E-state index contributed by atoms with van der Waals surface area (Å²) in [6, 6.07) is 13.2. The Kier molecular flexibility index (Phi) is 5.18. The molecule has 2 aromatic carbocycles. The van der Waals surface area contributed by atoms with Crippen molar-refractivity contribution in [1.29, 1.82) is 0 Å². The molecule has 1 aromatic heterocycles. The van der Waals surface area contributed by atoms with Crippen LogP contribution in [0, 0.1) is 0 Å². The Labute approximate surface area is 161 Å². The lowest BCUT2D eigenvalue weighted by molar-refractivity contribution is 0.101. The van der Waals surface area contributed by atoms with Gasteiger partial charge in [0.1, 0.15) is 4.90 Å². The third kappa shape index (κ3) is 3.95. The smallest absolute Gasteiger partial charge is 0.261 e. The van der Waals surface area contributed by atoms with Gasteiger partial charge in [0.25, 0.3) is 10.0 Å². The average Bonchev–Trinajstić information content (AvgIpc) is 3.11. The number of anilines is 1. The molecule has 1 heterocycles. The Morgan fingerprint density at radius 1 is 0.852 bits per heavy atom. The van der Waals surface area contributed by atoms with Crippen LogP contribution in [-0.4, -0.2) is 22.6 Å². The molecule has 0 saturated heterocycles. The Bertz CT molecular complexity index is 1180. The molecule has 0 aliphatic carbocycles. The van der Waals surface area contributed by atoms with Crippen molar-refractivity contribution < 1.29 is 21.6 Å². The van der Waals surface area contributed by atoms with Crippen molar-refractivity contribution in [2.45, 2.75) is 21.6 Å². The molecular weight excluding hydrogens is 406 g/mol. The normalized spacial score (nSPS) is 11.9. The van der Waals surface area contributed by atoms with Gasteiger partial charge in [0, 0.05) is 16.3 Å². The largest absolute Gasteiger partial charge is 0.295 e. The van der Waals surface area contributed by atoms with Gasteiger partial charge in [-0.3, -0.25) is 9.52 Å². The highest BCUT2D eigenvalue weighted by molar-refractivity contribution is 7.93. The molecular formula is C18H15NO5S3. The lowest BCUT2D eigenvalue weighted by Crippen LogP contribution is -2.15. The number of rotatable bonds is 6. The van der Waals surface area contributed by atoms with Gasteiger partial charge in [0.05, 0.1) is 15.5 Å². The van der Waals surface area contributed by atoms with Crippen LogP contribution in [0.25, 0.3) is 0 Å². The highest BCUT2D eigenvalue weighted by Gasteiger charge is 2.25. The Morgan fingerprint density at radius 3 is 2.07 bits per heavy atom. The first-order valence-electron chi connectivity index (χ1n) is 7.72. The van der Waals surface area contributed by atoms with Crippen LogP contribution in [0.1, 0.15) is 17.3 Å². The maximum atomic E-state index is 12.8. The second-order valence-corrected chi connectivity index (χ2v) is 10.00. The summed E-state index contributed by atoms with van der Waals surface area (Å²) in [4.78, 5) is 11.2. The SMILES string of the molecule is CC(=O)c1ccc(S(=O)(=O)Nc2cscc2S(=O)(=O)c2ccccc2)cc1. The first-order chi connectivity index (χ1) is 12.7. The number of hydrogen-bond donors (Lipinski definition) is 1. The second-order valence-electron chi connectivity index (χ2n) is 5.65. The van der Waals surface area contributed by atoms with E-state index in [1.165, 1.54) is 54.1 Å². The van der Waals surface area contributed by atoms with Gasteiger partial charge in [0.2, 0.25) is 9.84 Å². The predicted octanol–water partition coefficient (Wildman–Crippen LogP) is 3.58. The molecule has 0 fully saturated rings. The number of nitrogens with one attached hydrogen (secondary N) is 1. The monoisotopic (exact) mass is 421 g/mol. The van der Waals surface area contributed by atoms with E-state index >= 15 is 0 Å². The third-order valence-electron chi connectivity index (χ3n) is 3.78. The van der Waals surface area contributed by atoms with Crippen LogP contribution in [0.15, 0.2) is 80.0 Å². The van der Waals surface area contributed by atoms with Crippen LogP contribution in [0.3, 0.4) is 0 Å². The standard InChI is InChI=1S/C18H15NO5S3/c1-13(20)14-7-9-16(10-8-14)27(23,24)19-17-11-25-12-18(17)26(21,22)15-5-3-2-4-6-15/h2-12,19H,1H3. The number of sulfone groups is 1. The number of hydrogen-bond acceptors (Lipinski definition) is 6. The lowest BCUT2D eigenvalue weighted by Gasteiger charge is -2.10. The van der Waals surface area contributed by atoms with Gasteiger partial charge < -0.3 is 0 Å². The first-order valence-corrected chi connectivity index (χ1v) is 11.6. The minimum Gasteiger partial charge on any atom is -0.295 e. The van der Waals surface area contributed by atoms with Gasteiger partial charge >= 0.3 is 0 Å². The van der Waals surface area contributed by atoms with E-state index in [0.717, 1.165) is 11.3 Å². The van der Waals surface area contributed by atoms with Gasteiger partial charge in [-0.05, 0) is 31.2 Å². The summed E-state index contributed by atoms with van der Waals surface area (Å²) in [6.07, 6.45) is 0. The maximum absolute atomic E-state index is 12.8. The number of ketones is 1. The van der Waals surface area contributed by atoms with Crippen LogP contribution in [0.2, 0.25) is 0 Å². The van der Waals surface area contributed by atoms with Gasteiger partial charge in [-0.15, -0.1) is 11.3 Å². The van der Waals surface area contributed by atoms with Crippen molar-refractivity contribution in [2.24, 2.45) is 0 Å². The number of carbonyl (C=O) groups excluding carboxylic acids is 1. The highest BCUT2D eigenvalue weighted by Crippen LogP contribution is 2.32. The molecule has 3 rings (SSSR count). The summed E-state index contributed by atoms with van der Waals surface area (Å²) in [5, 5.41) is 2.82. The van der Waals surface area contributed by atoms with Gasteiger partial charge in [0.15, 0.2) is 5.78 Å². The number of thiophene rings is 1. The molecule has 0 bridgehead atoms. The third-order valence-corrected chi connectivity index (χ3v) is 7.87. The minimum atomic E-state index is -4.01. The summed E-state index contributed by atoms with van der Waals surface area (Å²) in [5.41, 5.74) is 0.372. The lowest BCUT2D eigenvalue weighted by atomic mass is 10.2. The topological polar surface area (TPSA) is 97.4 Å². The summed E-state index contributed by atoms with van der Waals surface area (Å²) in [7, 11) is -7.87. The van der Waals surface area contributed by atoms with Gasteiger partial charge in [-0.2, -0.15) is 0 Å². The summed E-state index contributed by atoms with van der Waals surface area (Å²) in [5.74, 6) is -0.180. The number of sulfonamides is 1.